The monoisotopic (exact) mass is 454 g/mol. The second-order valence-electron chi connectivity index (χ2n) is 8.57. The molecular weight excluding hydrogens is 428 g/mol. The van der Waals surface area contributed by atoms with Crippen LogP contribution in [-0.4, -0.2) is 46.4 Å². The van der Waals surface area contributed by atoms with Crippen molar-refractivity contribution < 1.29 is 14.4 Å². The summed E-state index contributed by atoms with van der Waals surface area (Å²) >= 11 is 6.35. The Balaban J connectivity index is 1.37. The standard InChI is InChI=1S/C24H27ClN4O3/c1-24(14-13-17-8-3-2-4-9-17)22(31)29(23(32)26-24)27-21(30)16-28-15-7-12-20(28)18-10-5-6-11-19(18)25/h2-6,8-11,20H,7,12-16H2,1H3,(H,26,32)(H,27,30). The number of nitrogens with one attached hydrogen (secondary N) is 2. The normalized spacial score (nSPS) is 23.4. The number of hydrazine groups is 1. The predicted molar refractivity (Wildman–Crippen MR) is 122 cm³/mol. The van der Waals surface area contributed by atoms with Crippen molar-refractivity contribution in [1.29, 1.82) is 0 Å². The van der Waals surface area contributed by atoms with Crippen LogP contribution in [-0.2, 0) is 16.0 Å². The quantitative estimate of drug-likeness (QED) is 0.628. The molecule has 2 N–H and O–H groups in total. The lowest BCUT2D eigenvalue weighted by atomic mass is 9.93. The minimum atomic E-state index is -1.06. The topological polar surface area (TPSA) is 81.8 Å². The van der Waals surface area contributed by atoms with E-state index in [2.05, 4.69) is 10.7 Å². The molecule has 0 bridgehead atoms. The molecule has 2 unspecified atom stereocenters. The van der Waals surface area contributed by atoms with Crippen molar-refractivity contribution in [3.63, 3.8) is 0 Å². The van der Waals surface area contributed by atoms with Gasteiger partial charge in [-0.3, -0.25) is 19.9 Å². The predicted octanol–water partition coefficient (Wildman–Crippen LogP) is 3.45. The number of urea groups is 1. The summed E-state index contributed by atoms with van der Waals surface area (Å²) in [4.78, 5) is 40.2. The van der Waals surface area contributed by atoms with Crippen molar-refractivity contribution in [2.24, 2.45) is 0 Å². The van der Waals surface area contributed by atoms with Gasteiger partial charge >= 0.3 is 6.03 Å². The number of likely N-dealkylation sites (tertiary alicyclic amines) is 1. The lowest BCUT2D eigenvalue weighted by Gasteiger charge is -2.26. The van der Waals surface area contributed by atoms with Crippen LogP contribution in [0.4, 0.5) is 4.79 Å². The second kappa shape index (κ2) is 9.30. The van der Waals surface area contributed by atoms with Crippen LogP contribution in [0, 0.1) is 0 Å². The van der Waals surface area contributed by atoms with Crippen LogP contribution in [0.25, 0.3) is 0 Å². The highest BCUT2D eigenvalue weighted by atomic mass is 35.5. The van der Waals surface area contributed by atoms with Crippen molar-refractivity contribution in [2.75, 3.05) is 13.1 Å². The summed E-state index contributed by atoms with van der Waals surface area (Å²) in [6, 6.07) is 16.8. The van der Waals surface area contributed by atoms with Crippen LogP contribution >= 0.6 is 11.6 Å². The number of hydrogen-bond donors (Lipinski definition) is 2. The van der Waals surface area contributed by atoms with Crippen molar-refractivity contribution in [2.45, 2.75) is 44.2 Å². The number of hydrogen-bond acceptors (Lipinski definition) is 4. The first-order valence-electron chi connectivity index (χ1n) is 10.9. The molecule has 0 radical (unpaired) electrons. The molecule has 7 nitrogen and oxygen atoms in total. The average molecular weight is 455 g/mol. The average Bonchev–Trinajstić information content (AvgIpc) is 3.31. The van der Waals surface area contributed by atoms with Gasteiger partial charge in [-0.2, -0.15) is 5.01 Å². The van der Waals surface area contributed by atoms with Crippen molar-refractivity contribution in [3.05, 3.63) is 70.7 Å². The summed E-state index contributed by atoms with van der Waals surface area (Å²) in [7, 11) is 0. The number of amides is 4. The molecule has 4 amide bonds. The molecule has 8 heteroatoms. The molecule has 0 aliphatic carbocycles. The Morgan fingerprint density at radius 2 is 1.88 bits per heavy atom. The molecule has 2 heterocycles. The fourth-order valence-corrected chi connectivity index (χ4v) is 4.71. The Bertz CT molecular complexity index is 1020. The fraction of sp³-hybridized carbons (Fsp3) is 0.375. The Labute approximate surface area is 192 Å². The number of rotatable bonds is 7. The van der Waals surface area contributed by atoms with Crippen molar-refractivity contribution in [3.8, 4) is 0 Å². The van der Waals surface area contributed by atoms with E-state index in [1.54, 1.807) is 6.92 Å². The lowest BCUT2D eigenvalue weighted by Crippen LogP contribution is -2.51. The zero-order valence-corrected chi connectivity index (χ0v) is 18.8. The summed E-state index contributed by atoms with van der Waals surface area (Å²) in [5.74, 6) is -0.851. The van der Waals surface area contributed by atoms with Crippen LogP contribution in [0.1, 0.15) is 43.4 Å². The molecule has 2 aliphatic rings. The third kappa shape index (κ3) is 4.64. The van der Waals surface area contributed by atoms with E-state index in [0.29, 0.717) is 17.9 Å². The zero-order chi connectivity index (χ0) is 22.7. The van der Waals surface area contributed by atoms with E-state index in [-0.39, 0.29) is 12.6 Å². The van der Waals surface area contributed by atoms with Crippen LogP contribution in [0.15, 0.2) is 54.6 Å². The number of aryl methyl sites for hydroxylation is 1. The molecule has 2 atom stereocenters. The van der Waals surface area contributed by atoms with Crippen molar-refractivity contribution >= 4 is 29.4 Å². The Hall–Kier alpha value is -2.90. The molecule has 2 aliphatic heterocycles. The summed E-state index contributed by atoms with van der Waals surface area (Å²) in [5.41, 5.74) is 3.51. The molecule has 2 aromatic carbocycles. The highest BCUT2D eigenvalue weighted by Gasteiger charge is 2.48. The first-order chi connectivity index (χ1) is 15.4. The van der Waals surface area contributed by atoms with Gasteiger partial charge in [0.25, 0.3) is 11.8 Å². The number of imide groups is 1. The molecule has 2 aromatic rings. The number of benzene rings is 2. The van der Waals surface area contributed by atoms with Gasteiger partial charge in [-0.25, -0.2) is 4.79 Å². The maximum atomic E-state index is 13.0. The first kappa shape index (κ1) is 22.3. The van der Waals surface area contributed by atoms with E-state index in [9.17, 15) is 14.4 Å². The van der Waals surface area contributed by atoms with Crippen LogP contribution in [0.2, 0.25) is 5.02 Å². The Kier molecular flexibility index (Phi) is 6.48. The van der Waals surface area contributed by atoms with E-state index in [4.69, 9.17) is 11.6 Å². The molecule has 4 rings (SSSR count). The number of carbonyl (C=O) groups is 3. The largest absolute Gasteiger partial charge is 0.344 e. The van der Waals surface area contributed by atoms with E-state index >= 15 is 0 Å². The zero-order valence-electron chi connectivity index (χ0n) is 18.0. The first-order valence-corrected chi connectivity index (χ1v) is 11.2. The lowest BCUT2D eigenvalue weighted by molar-refractivity contribution is -0.139. The molecule has 0 aromatic heterocycles. The minimum Gasteiger partial charge on any atom is -0.322 e. The Morgan fingerprint density at radius 1 is 1.16 bits per heavy atom. The van der Waals surface area contributed by atoms with Gasteiger partial charge in [-0.15, -0.1) is 0 Å². The number of nitrogens with zero attached hydrogens (tertiary/aromatic N) is 2. The number of carbonyl (C=O) groups excluding carboxylic acids is 3. The van der Waals surface area contributed by atoms with E-state index < -0.39 is 23.4 Å². The molecule has 0 spiro atoms. The maximum Gasteiger partial charge on any atom is 0.344 e. The third-order valence-electron chi connectivity index (χ3n) is 6.23. The van der Waals surface area contributed by atoms with Gasteiger partial charge in [0.1, 0.15) is 5.54 Å². The van der Waals surface area contributed by atoms with E-state index in [0.717, 1.165) is 35.5 Å². The molecule has 0 saturated carbocycles. The van der Waals surface area contributed by atoms with Gasteiger partial charge < -0.3 is 5.32 Å². The molecule has 168 valence electrons. The summed E-state index contributed by atoms with van der Waals surface area (Å²) in [5, 5.41) is 4.22. The smallest absolute Gasteiger partial charge is 0.322 e. The van der Waals surface area contributed by atoms with Gasteiger partial charge in [0.2, 0.25) is 0 Å². The highest BCUT2D eigenvalue weighted by Crippen LogP contribution is 2.35. The maximum absolute atomic E-state index is 13.0. The van der Waals surface area contributed by atoms with Gasteiger partial charge in [0.05, 0.1) is 6.54 Å². The van der Waals surface area contributed by atoms with Crippen LogP contribution in [0.5, 0.6) is 0 Å². The summed E-state index contributed by atoms with van der Waals surface area (Å²) in [6.07, 6.45) is 2.93. The summed E-state index contributed by atoms with van der Waals surface area (Å²) < 4.78 is 0. The molecular formula is C24H27ClN4O3. The third-order valence-corrected chi connectivity index (χ3v) is 6.57. The van der Waals surface area contributed by atoms with E-state index in [1.165, 1.54) is 0 Å². The van der Waals surface area contributed by atoms with Crippen LogP contribution < -0.4 is 10.7 Å². The fourth-order valence-electron chi connectivity index (χ4n) is 4.45. The highest BCUT2D eigenvalue weighted by molar-refractivity contribution is 6.31. The number of halogens is 1. The minimum absolute atomic E-state index is 0.0358. The van der Waals surface area contributed by atoms with E-state index in [1.807, 2.05) is 59.5 Å². The molecule has 2 saturated heterocycles. The van der Waals surface area contributed by atoms with Crippen LogP contribution in [0.3, 0.4) is 0 Å². The Morgan fingerprint density at radius 3 is 2.62 bits per heavy atom. The van der Waals surface area contributed by atoms with Gasteiger partial charge in [0.15, 0.2) is 0 Å². The van der Waals surface area contributed by atoms with Gasteiger partial charge in [0, 0.05) is 11.1 Å². The molecule has 32 heavy (non-hydrogen) atoms. The molecule has 2 fully saturated rings. The van der Waals surface area contributed by atoms with Gasteiger partial charge in [-0.05, 0) is 56.3 Å². The summed E-state index contributed by atoms with van der Waals surface area (Å²) in [6.45, 7) is 2.52. The van der Waals surface area contributed by atoms with Gasteiger partial charge in [-0.1, -0.05) is 60.1 Å². The second-order valence-corrected chi connectivity index (χ2v) is 8.98. The SMILES string of the molecule is CC1(CCc2ccccc2)NC(=O)N(NC(=O)CN2CCCC2c2ccccc2Cl)C1=O. The van der Waals surface area contributed by atoms with Crippen molar-refractivity contribution in [1.82, 2.24) is 20.7 Å².